The van der Waals surface area contributed by atoms with Crippen molar-refractivity contribution in [1.29, 1.82) is 0 Å². The lowest BCUT2D eigenvalue weighted by Crippen LogP contribution is -2.60. The molecule has 1 saturated heterocycles. The number of aliphatic imine (C=N–C) groups is 1. The smallest absolute Gasteiger partial charge is 0.147 e. The summed E-state index contributed by atoms with van der Waals surface area (Å²) in [5.74, 6) is -0.177. The average Bonchev–Trinajstić information content (AvgIpc) is 2.65. The molecule has 28 heavy (non-hydrogen) atoms. The lowest BCUT2D eigenvalue weighted by atomic mass is 9.76. The largest absolute Gasteiger partial charge is 0.384 e. The van der Waals surface area contributed by atoms with Gasteiger partial charge in [-0.3, -0.25) is 4.99 Å². The van der Waals surface area contributed by atoms with Crippen LogP contribution in [0.15, 0.2) is 35.4 Å². The molecule has 1 unspecified atom stereocenters. The summed E-state index contributed by atoms with van der Waals surface area (Å²) in [5, 5.41) is 0. The summed E-state index contributed by atoms with van der Waals surface area (Å²) in [7, 11) is 3.50. The van der Waals surface area contributed by atoms with Gasteiger partial charge in [-0.15, -0.1) is 0 Å². The first kappa shape index (κ1) is 22.4. The number of ether oxygens (including phenoxy) is 1. The molecule has 0 aliphatic carbocycles. The van der Waals surface area contributed by atoms with E-state index in [2.05, 4.69) is 36.4 Å². The highest BCUT2D eigenvalue weighted by atomic mass is 19.1. The maximum Gasteiger partial charge on any atom is 0.147 e. The average molecular weight is 387 g/mol. The van der Waals surface area contributed by atoms with Crippen LogP contribution >= 0.6 is 0 Å². The Morgan fingerprint density at radius 3 is 2.54 bits per heavy atom. The molecular formula is C24H35FN2O. The summed E-state index contributed by atoms with van der Waals surface area (Å²) in [4.78, 5) is 6.59. The van der Waals surface area contributed by atoms with Crippen LogP contribution in [0.2, 0.25) is 0 Å². The zero-order valence-corrected chi connectivity index (χ0v) is 18.4. The predicted octanol–water partition coefficient (Wildman–Crippen LogP) is 6.03. The third kappa shape index (κ3) is 4.54. The lowest BCUT2D eigenvalue weighted by Gasteiger charge is -2.55. The summed E-state index contributed by atoms with van der Waals surface area (Å²) in [6.07, 6.45) is 6.18. The molecular weight excluding hydrogens is 351 g/mol. The molecule has 1 aliphatic rings. The topological polar surface area (TPSA) is 24.8 Å². The Morgan fingerprint density at radius 1 is 1.32 bits per heavy atom. The van der Waals surface area contributed by atoms with Gasteiger partial charge < -0.3 is 9.64 Å². The van der Waals surface area contributed by atoms with Crippen LogP contribution in [0, 0.1) is 5.82 Å². The first-order valence-corrected chi connectivity index (χ1v) is 10.1. The van der Waals surface area contributed by atoms with E-state index in [4.69, 9.17) is 4.74 Å². The van der Waals surface area contributed by atoms with Crippen LogP contribution in [0.3, 0.4) is 0 Å². The highest BCUT2D eigenvalue weighted by molar-refractivity contribution is 6.03. The summed E-state index contributed by atoms with van der Waals surface area (Å²) >= 11 is 0. The fraction of sp³-hybridized carbons (Fsp3) is 0.542. The highest BCUT2D eigenvalue weighted by Crippen LogP contribution is 2.44. The van der Waals surface area contributed by atoms with E-state index in [1.54, 1.807) is 20.2 Å². The fourth-order valence-corrected chi connectivity index (χ4v) is 4.15. The fourth-order valence-electron chi connectivity index (χ4n) is 4.15. The number of anilines is 1. The molecule has 2 rings (SSSR count). The summed E-state index contributed by atoms with van der Waals surface area (Å²) in [6.45, 7) is 13.9. The lowest BCUT2D eigenvalue weighted by molar-refractivity contribution is 0.204. The monoisotopic (exact) mass is 386 g/mol. The van der Waals surface area contributed by atoms with Crippen molar-refractivity contribution >= 4 is 17.0 Å². The van der Waals surface area contributed by atoms with Gasteiger partial charge in [-0.2, -0.15) is 0 Å². The van der Waals surface area contributed by atoms with Crippen molar-refractivity contribution in [3.8, 4) is 0 Å². The number of hydrogen-bond acceptors (Lipinski definition) is 3. The molecule has 1 atom stereocenters. The van der Waals surface area contributed by atoms with Gasteiger partial charge in [0, 0.05) is 44.1 Å². The van der Waals surface area contributed by atoms with Gasteiger partial charge in [0.1, 0.15) is 5.82 Å². The first-order chi connectivity index (χ1) is 13.3. The van der Waals surface area contributed by atoms with E-state index >= 15 is 4.39 Å². The number of methoxy groups -OCH3 is 1. The summed E-state index contributed by atoms with van der Waals surface area (Å²) in [5.41, 5.74) is 5.56. The second-order valence-electron chi connectivity index (χ2n) is 7.93. The maximum absolute atomic E-state index is 15.1. The molecule has 0 radical (unpaired) electrons. The van der Waals surface area contributed by atoms with Crippen molar-refractivity contribution < 1.29 is 9.13 Å². The molecule has 1 aromatic carbocycles. The van der Waals surface area contributed by atoms with Crippen LogP contribution in [0.1, 0.15) is 64.5 Å². The number of allylic oxidation sites excluding steroid dienone is 1. The van der Waals surface area contributed by atoms with E-state index in [1.165, 1.54) is 5.57 Å². The summed E-state index contributed by atoms with van der Waals surface area (Å²) < 4.78 is 20.3. The van der Waals surface area contributed by atoms with Crippen LogP contribution < -0.4 is 4.90 Å². The molecule has 0 saturated carbocycles. The molecule has 1 aromatic rings. The van der Waals surface area contributed by atoms with Gasteiger partial charge in [0.15, 0.2) is 0 Å². The SMILES string of the molecule is C=C(C)c1cc(F)c(N2CCC2(CC)C/C(C)=C\CCOC)cc1C(C)=NC. The molecule has 0 bridgehead atoms. The Bertz CT molecular complexity index is 777. The van der Waals surface area contributed by atoms with E-state index < -0.39 is 0 Å². The molecule has 3 nitrogen and oxygen atoms in total. The van der Waals surface area contributed by atoms with Gasteiger partial charge in [-0.05, 0) is 64.2 Å². The quantitative estimate of drug-likeness (QED) is 0.294. The van der Waals surface area contributed by atoms with Crippen molar-refractivity contribution in [2.45, 2.75) is 58.9 Å². The Morgan fingerprint density at radius 2 is 2.04 bits per heavy atom. The number of benzene rings is 1. The molecule has 0 spiro atoms. The van der Waals surface area contributed by atoms with Crippen LogP contribution in [0.25, 0.3) is 5.57 Å². The zero-order valence-electron chi connectivity index (χ0n) is 18.4. The Balaban J connectivity index is 2.40. The van der Waals surface area contributed by atoms with E-state index in [-0.39, 0.29) is 11.4 Å². The number of hydrogen-bond donors (Lipinski definition) is 0. The molecule has 1 aliphatic heterocycles. The van der Waals surface area contributed by atoms with E-state index in [0.717, 1.165) is 61.2 Å². The summed E-state index contributed by atoms with van der Waals surface area (Å²) in [6, 6.07) is 3.59. The van der Waals surface area contributed by atoms with Crippen molar-refractivity contribution in [3.63, 3.8) is 0 Å². The first-order valence-electron chi connectivity index (χ1n) is 10.1. The van der Waals surface area contributed by atoms with Gasteiger partial charge in [-0.1, -0.05) is 30.7 Å². The van der Waals surface area contributed by atoms with Gasteiger partial charge in [0.25, 0.3) is 0 Å². The highest BCUT2D eigenvalue weighted by Gasteiger charge is 2.44. The van der Waals surface area contributed by atoms with Crippen LogP contribution in [-0.2, 0) is 4.74 Å². The predicted molar refractivity (Wildman–Crippen MR) is 119 cm³/mol. The zero-order chi connectivity index (χ0) is 20.9. The van der Waals surface area contributed by atoms with Gasteiger partial charge in [0.2, 0.25) is 0 Å². The van der Waals surface area contributed by atoms with Crippen LogP contribution in [-0.4, -0.2) is 38.6 Å². The Kier molecular flexibility index (Phi) is 7.59. The van der Waals surface area contributed by atoms with E-state index in [9.17, 15) is 0 Å². The Hall–Kier alpha value is -1.94. The second-order valence-corrected chi connectivity index (χ2v) is 7.93. The molecule has 0 amide bonds. The van der Waals surface area contributed by atoms with Crippen molar-refractivity contribution in [3.05, 3.63) is 47.3 Å². The number of rotatable bonds is 9. The van der Waals surface area contributed by atoms with Crippen molar-refractivity contribution in [2.75, 3.05) is 32.2 Å². The molecule has 0 N–H and O–H groups in total. The number of halogens is 1. The van der Waals surface area contributed by atoms with Crippen molar-refractivity contribution in [2.24, 2.45) is 4.99 Å². The van der Waals surface area contributed by atoms with Crippen LogP contribution in [0.5, 0.6) is 0 Å². The van der Waals surface area contributed by atoms with Crippen LogP contribution in [0.4, 0.5) is 10.1 Å². The van der Waals surface area contributed by atoms with Crippen molar-refractivity contribution in [1.82, 2.24) is 0 Å². The minimum atomic E-state index is -0.177. The second kappa shape index (κ2) is 9.51. The van der Waals surface area contributed by atoms with Gasteiger partial charge in [0.05, 0.1) is 5.69 Å². The number of nitrogens with zero attached hydrogens (tertiary/aromatic N) is 2. The third-order valence-corrected chi connectivity index (χ3v) is 6.02. The molecule has 154 valence electrons. The Labute approximate surface area is 170 Å². The molecule has 4 heteroatoms. The van der Waals surface area contributed by atoms with E-state index in [0.29, 0.717) is 5.69 Å². The molecule has 1 fully saturated rings. The molecule has 1 heterocycles. The minimum Gasteiger partial charge on any atom is -0.384 e. The minimum absolute atomic E-state index is 0.0201. The van der Waals surface area contributed by atoms with Gasteiger partial charge >= 0.3 is 0 Å². The molecule has 0 aromatic heterocycles. The van der Waals surface area contributed by atoms with E-state index in [1.807, 2.05) is 19.9 Å². The maximum atomic E-state index is 15.1. The standard InChI is InChI=1S/C24H35FN2O/c1-8-24(16-18(4)10-9-13-28-7)11-12-27(24)23-15-21(19(5)26-6)20(17(2)3)14-22(23)25/h10,14-15H,2,8-9,11-13,16H2,1,3-7H3/b18-10-,26-19?. The third-order valence-electron chi connectivity index (χ3n) is 6.02. The van der Waals surface area contributed by atoms with Gasteiger partial charge in [-0.25, -0.2) is 4.39 Å². The normalized spacial score (nSPS) is 20.3.